The Morgan fingerprint density at radius 1 is 0.976 bits per heavy atom. The van der Waals surface area contributed by atoms with Gasteiger partial charge in [-0.25, -0.2) is 9.59 Å². The van der Waals surface area contributed by atoms with Crippen molar-refractivity contribution < 1.29 is 19.1 Å². The average molecular weight is 552 g/mol. The molecule has 41 heavy (non-hydrogen) atoms. The Morgan fingerprint density at radius 3 is 2.12 bits per heavy atom. The molecule has 4 bridgehead atoms. The molecule has 212 valence electrons. The fourth-order valence-corrected chi connectivity index (χ4v) is 8.63. The highest BCUT2D eigenvalue weighted by Gasteiger charge is 2.52. The van der Waals surface area contributed by atoms with Crippen LogP contribution in [0.2, 0.25) is 0 Å². The summed E-state index contributed by atoms with van der Waals surface area (Å²) in [5, 5.41) is 10.4. The van der Waals surface area contributed by atoms with Crippen LogP contribution in [0.15, 0.2) is 71.2 Å². The van der Waals surface area contributed by atoms with Crippen molar-refractivity contribution in [3.8, 4) is 6.07 Å². The summed E-state index contributed by atoms with van der Waals surface area (Å²) >= 11 is 0. The number of nitriles is 1. The Kier molecular flexibility index (Phi) is 6.89. The molecule has 7 heteroatoms. The van der Waals surface area contributed by atoms with Crippen molar-refractivity contribution in [1.82, 2.24) is 0 Å². The molecule has 2 aromatic carbocycles. The topological polar surface area (TPSA) is 106 Å². The van der Waals surface area contributed by atoms with E-state index >= 15 is 0 Å². The fourth-order valence-electron chi connectivity index (χ4n) is 8.63. The summed E-state index contributed by atoms with van der Waals surface area (Å²) in [7, 11) is 2.56. The minimum atomic E-state index is -0.879. The second-order valence-corrected chi connectivity index (χ2v) is 12.2. The van der Waals surface area contributed by atoms with Gasteiger partial charge in [0.1, 0.15) is 11.5 Å². The van der Waals surface area contributed by atoms with Crippen LogP contribution >= 0.6 is 0 Å². The summed E-state index contributed by atoms with van der Waals surface area (Å²) in [6, 6.07) is 17.9. The van der Waals surface area contributed by atoms with Crippen molar-refractivity contribution in [3.63, 3.8) is 0 Å². The van der Waals surface area contributed by atoms with Crippen LogP contribution in [0.5, 0.6) is 0 Å². The van der Waals surface area contributed by atoms with Gasteiger partial charge in [-0.1, -0.05) is 49.4 Å². The van der Waals surface area contributed by atoms with Gasteiger partial charge in [0.2, 0.25) is 0 Å². The van der Waals surface area contributed by atoms with E-state index in [1.54, 1.807) is 4.90 Å². The number of allylic oxidation sites excluding steroid dienone is 1. The molecule has 7 nitrogen and oxygen atoms in total. The molecule has 4 aliphatic carbocycles. The predicted octanol–water partition coefficient (Wildman–Crippen LogP) is 5.61. The summed E-state index contributed by atoms with van der Waals surface area (Å²) < 4.78 is 10.5. The Labute approximate surface area is 241 Å². The van der Waals surface area contributed by atoms with Crippen LogP contribution in [0.4, 0.5) is 5.69 Å². The van der Waals surface area contributed by atoms with Crippen molar-refractivity contribution in [3.05, 3.63) is 87.9 Å². The van der Waals surface area contributed by atoms with E-state index < -0.39 is 17.9 Å². The zero-order valence-electron chi connectivity index (χ0n) is 24.0. The van der Waals surface area contributed by atoms with E-state index in [-0.39, 0.29) is 28.1 Å². The number of hydrogen-bond donors (Lipinski definition) is 1. The van der Waals surface area contributed by atoms with Gasteiger partial charge in [0.25, 0.3) is 0 Å². The lowest BCUT2D eigenvalue weighted by atomic mass is 9.48. The van der Waals surface area contributed by atoms with Crippen LogP contribution in [0.25, 0.3) is 0 Å². The van der Waals surface area contributed by atoms with Crippen LogP contribution in [-0.2, 0) is 30.9 Å². The quantitative estimate of drug-likeness (QED) is 0.465. The maximum atomic E-state index is 13.6. The number of carbonyl (C=O) groups is 2. The van der Waals surface area contributed by atoms with Crippen LogP contribution in [0.1, 0.15) is 68.1 Å². The smallest absolute Gasteiger partial charge is 0.355 e. The third kappa shape index (κ3) is 4.32. The average Bonchev–Trinajstić information content (AvgIpc) is 2.99. The lowest BCUT2D eigenvalue weighted by Gasteiger charge is -2.57. The van der Waals surface area contributed by atoms with Gasteiger partial charge >= 0.3 is 11.9 Å². The molecule has 0 radical (unpaired) electrons. The number of rotatable bonds is 6. The molecule has 2 N–H and O–H groups in total. The molecule has 4 fully saturated rings. The van der Waals surface area contributed by atoms with Gasteiger partial charge in [-0.15, -0.1) is 0 Å². The van der Waals surface area contributed by atoms with Crippen LogP contribution in [0.3, 0.4) is 0 Å². The van der Waals surface area contributed by atoms with E-state index in [1.807, 2.05) is 37.3 Å². The van der Waals surface area contributed by atoms with E-state index in [9.17, 15) is 14.9 Å². The Bertz CT molecular complexity index is 1460. The summed E-state index contributed by atoms with van der Waals surface area (Å²) in [6.45, 7) is 2.05. The fraction of sp³-hybridized carbons (Fsp3) is 0.441. The van der Waals surface area contributed by atoms with Crippen molar-refractivity contribution in [2.45, 2.75) is 63.2 Å². The molecule has 0 saturated heterocycles. The summed E-state index contributed by atoms with van der Waals surface area (Å²) in [5.41, 5.74) is 10.8. The molecule has 0 spiro atoms. The van der Waals surface area contributed by atoms with Gasteiger partial charge in [-0.3, -0.25) is 4.90 Å². The van der Waals surface area contributed by atoms with E-state index in [2.05, 4.69) is 24.3 Å². The van der Waals surface area contributed by atoms with E-state index in [0.717, 1.165) is 23.3 Å². The van der Waals surface area contributed by atoms with Crippen molar-refractivity contribution in [1.29, 1.82) is 5.26 Å². The third-order valence-electron chi connectivity index (χ3n) is 9.97. The number of nitrogens with zero attached hydrogens (tertiary/aromatic N) is 2. The minimum absolute atomic E-state index is 0.0120. The SMILES string of the molecule is CCc1ccc(C23CC4CC(CC(C4)C2)C3)cc1N1C(N)=C(C#N)C(c2ccccc2)C(C(=O)OC)=C1C(=O)OC. The Hall–Kier alpha value is -4.05. The van der Waals surface area contributed by atoms with Crippen molar-refractivity contribution >= 4 is 17.6 Å². The third-order valence-corrected chi connectivity index (χ3v) is 9.97. The number of hydrogen-bond acceptors (Lipinski definition) is 7. The van der Waals surface area contributed by atoms with Gasteiger partial charge in [0.15, 0.2) is 0 Å². The highest BCUT2D eigenvalue weighted by atomic mass is 16.5. The molecule has 0 aromatic heterocycles. The molecular weight excluding hydrogens is 514 g/mol. The van der Waals surface area contributed by atoms with Gasteiger partial charge < -0.3 is 15.2 Å². The summed E-state index contributed by atoms with van der Waals surface area (Å²) in [4.78, 5) is 28.7. The number of benzene rings is 2. The van der Waals surface area contributed by atoms with Gasteiger partial charge in [0, 0.05) is 0 Å². The number of ether oxygens (including phenoxy) is 2. The first-order valence-corrected chi connectivity index (χ1v) is 14.6. The van der Waals surface area contributed by atoms with E-state index in [4.69, 9.17) is 15.2 Å². The van der Waals surface area contributed by atoms with Gasteiger partial charge in [-0.05, 0) is 90.9 Å². The molecule has 1 heterocycles. The number of esters is 2. The van der Waals surface area contributed by atoms with E-state index in [1.165, 1.54) is 58.3 Å². The van der Waals surface area contributed by atoms with Gasteiger partial charge in [-0.2, -0.15) is 5.26 Å². The van der Waals surface area contributed by atoms with Crippen LogP contribution in [0, 0.1) is 29.1 Å². The zero-order valence-corrected chi connectivity index (χ0v) is 24.0. The lowest BCUT2D eigenvalue weighted by molar-refractivity contribution is -0.139. The molecule has 2 aromatic rings. The minimum Gasteiger partial charge on any atom is -0.466 e. The van der Waals surface area contributed by atoms with Crippen LogP contribution in [-0.4, -0.2) is 26.2 Å². The molecular formula is C34H37N3O4. The number of methoxy groups -OCH3 is 2. The first-order valence-electron chi connectivity index (χ1n) is 14.6. The standard InChI is InChI=1S/C34H37N3O4/c1-4-23-10-11-25(34-16-20-12-21(17-34)14-22(13-20)18-34)15-27(23)37-30(33(39)41-3)29(32(38)40-2)28(26(19-35)31(37)36)24-8-6-5-7-9-24/h5-11,15,20-22,28H,4,12-14,16-18,36H2,1-3H3. The molecule has 7 rings (SSSR count). The molecule has 0 amide bonds. The van der Waals surface area contributed by atoms with Gasteiger partial charge in [0.05, 0.1) is 43.0 Å². The molecule has 5 aliphatic rings. The second-order valence-electron chi connectivity index (χ2n) is 12.2. The van der Waals surface area contributed by atoms with Crippen molar-refractivity contribution in [2.75, 3.05) is 19.1 Å². The first kappa shape index (κ1) is 27.1. The number of anilines is 1. The molecule has 1 aliphatic heterocycles. The lowest BCUT2D eigenvalue weighted by Crippen LogP contribution is -2.48. The number of nitrogens with two attached hydrogens (primary N) is 1. The zero-order chi connectivity index (χ0) is 28.9. The monoisotopic (exact) mass is 551 g/mol. The largest absolute Gasteiger partial charge is 0.466 e. The molecule has 4 saturated carbocycles. The Morgan fingerprint density at radius 2 is 1.59 bits per heavy atom. The number of carbonyl (C=O) groups excluding carboxylic acids is 2. The maximum absolute atomic E-state index is 13.6. The normalized spacial score (nSPS) is 28.5. The molecule has 1 atom stereocenters. The highest BCUT2D eigenvalue weighted by molar-refractivity contribution is 6.06. The summed E-state index contributed by atoms with van der Waals surface area (Å²) in [6.07, 6.45) is 8.24. The van der Waals surface area contributed by atoms with E-state index in [0.29, 0.717) is 17.7 Å². The Balaban J connectivity index is 1.59. The van der Waals surface area contributed by atoms with Crippen LogP contribution < -0.4 is 10.6 Å². The summed E-state index contributed by atoms with van der Waals surface area (Å²) in [5.74, 6) is 0.117. The maximum Gasteiger partial charge on any atom is 0.355 e. The first-order chi connectivity index (χ1) is 19.8. The number of aryl methyl sites for hydroxylation is 1. The highest BCUT2D eigenvalue weighted by Crippen LogP contribution is 2.61. The molecule has 1 unspecified atom stereocenters. The predicted molar refractivity (Wildman–Crippen MR) is 155 cm³/mol. The van der Waals surface area contributed by atoms with Crippen molar-refractivity contribution in [2.24, 2.45) is 23.5 Å². The second kappa shape index (κ2) is 10.4.